The highest BCUT2D eigenvalue weighted by atomic mass is 32.2. The lowest BCUT2D eigenvalue weighted by atomic mass is 9.85. The first-order valence-corrected chi connectivity index (χ1v) is 12.0. The summed E-state index contributed by atoms with van der Waals surface area (Å²) in [4.78, 5) is 12.0. The number of benzene rings is 2. The highest BCUT2D eigenvalue weighted by Gasteiger charge is 2.61. The SMILES string of the molecule is CC1(C2(c3ccc(C4(COS(=O)(=O)c5ccccc5)CNC(=O)O4)cc3)CC2)OCCO1. The van der Waals surface area contributed by atoms with Crippen LogP contribution < -0.4 is 5.32 Å². The van der Waals surface area contributed by atoms with Crippen molar-refractivity contribution in [1.29, 1.82) is 0 Å². The van der Waals surface area contributed by atoms with Crippen LogP contribution in [0.1, 0.15) is 30.9 Å². The number of carbonyl (C=O) groups excluding carboxylic acids is 1. The van der Waals surface area contributed by atoms with Gasteiger partial charge in [0.25, 0.3) is 10.1 Å². The summed E-state index contributed by atoms with van der Waals surface area (Å²) in [6.45, 7) is 2.90. The number of cyclic esters (lactones) is 1. The molecule has 8 nitrogen and oxygen atoms in total. The third kappa shape index (κ3) is 3.49. The van der Waals surface area contributed by atoms with Gasteiger partial charge in [-0.1, -0.05) is 42.5 Å². The zero-order valence-corrected chi connectivity index (χ0v) is 18.5. The van der Waals surface area contributed by atoms with Gasteiger partial charge in [-0.3, -0.25) is 4.18 Å². The topological polar surface area (TPSA) is 100 Å². The first-order valence-electron chi connectivity index (χ1n) is 10.6. The van der Waals surface area contributed by atoms with Gasteiger partial charge in [-0.2, -0.15) is 8.42 Å². The van der Waals surface area contributed by atoms with E-state index in [0.29, 0.717) is 18.8 Å². The third-order valence-corrected chi connectivity index (χ3v) is 7.98. The molecule has 9 heteroatoms. The summed E-state index contributed by atoms with van der Waals surface area (Å²) >= 11 is 0. The van der Waals surface area contributed by atoms with Crippen LogP contribution in [0.25, 0.3) is 0 Å². The number of hydrogen-bond donors (Lipinski definition) is 1. The van der Waals surface area contributed by atoms with Crippen molar-refractivity contribution in [2.45, 2.75) is 41.5 Å². The average Bonchev–Trinajstić information content (AvgIpc) is 3.37. The van der Waals surface area contributed by atoms with Gasteiger partial charge in [0.2, 0.25) is 0 Å². The molecule has 0 bridgehead atoms. The molecule has 170 valence electrons. The molecule has 1 aliphatic carbocycles. The van der Waals surface area contributed by atoms with Crippen LogP contribution in [0.3, 0.4) is 0 Å². The average molecular weight is 460 g/mol. The summed E-state index contributed by atoms with van der Waals surface area (Å²) in [6.07, 6.45) is 1.31. The highest BCUT2D eigenvalue weighted by molar-refractivity contribution is 7.86. The van der Waals surface area contributed by atoms with Crippen molar-refractivity contribution in [2.75, 3.05) is 26.4 Å². The fraction of sp³-hybridized carbons (Fsp3) is 0.435. The van der Waals surface area contributed by atoms with Gasteiger partial charge < -0.3 is 19.5 Å². The van der Waals surface area contributed by atoms with Crippen molar-refractivity contribution in [2.24, 2.45) is 0 Å². The zero-order chi connectivity index (χ0) is 22.5. The van der Waals surface area contributed by atoms with E-state index in [2.05, 4.69) is 5.32 Å². The summed E-state index contributed by atoms with van der Waals surface area (Å²) in [6, 6.07) is 15.5. The molecule has 1 atom stereocenters. The van der Waals surface area contributed by atoms with Crippen LogP contribution in [0.15, 0.2) is 59.5 Å². The number of hydrogen-bond acceptors (Lipinski definition) is 7. The molecule has 0 spiro atoms. The molecule has 32 heavy (non-hydrogen) atoms. The Kier molecular flexibility index (Phi) is 5.05. The summed E-state index contributed by atoms with van der Waals surface area (Å²) < 4.78 is 47.9. The van der Waals surface area contributed by atoms with Crippen molar-refractivity contribution in [3.05, 3.63) is 65.7 Å². The molecule has 2 saturated heterocycles. The quantitative estimate of drug-likeness (QED) is 0.636. The molecule has 1 amide bonds. The lowest BCUT2D eigenvalue weighted by molar-refractivity contribution is -0.169. The molecule has 0 radical (unpaired) electrons. The Morgan fingerprint density at radius 2 is 1.59 bits per heavy atom. The zero-order valence-electron chi connectivity index (χ0n) is 17.7. The fourth-order valence-electron chi connectivity index (χ4n) is 4.63. The second kappa shape index (κ2) is 7.55. The van der Waals surface area contributed by atoms with Crippen molar-refractivity contribution in [3.63, 3.8) is 0 Å². The molecule has 2 aromatic carbocycles. The second-order valence-corrected chi connectivity index (χ2v) is 10.2. The van der Waals surface area contributed by atoms with Crippen LogP contribution in [0.4, 0.5) is 4.79 Å². The van der Waals surface area contributed by atoms with Crippen molar-refractivity contribution < 1.29 is 31.6 Å². The number of rotatable bonds is 7. The molecule has 3 aliphatic rings. The van der Waals surface area contributed by atoms with Gasteiger partial charge in [-0.15, -0.1) is 0 Å². The molecule has 1 N–H and O–H groups in total. The van der Waals surface area contributed by atoms with Gasteiger partial charge in [0.05, 0.1) is 24.7 Å². The maximum atomic E-state index is 12.6. The number of amides is 1. The predicted octanol–water partition coefficient (Wildman–Crippen LogP) is 2.82. The normalized spacial score (nSPS) is 25.8. The van der Waals surface area contributed by atoms with Gasteiger partial charge in [0.1, 0.15) is 6.61 Å². The molecule has 2 aromatic rings. The van der Waals surface area contributed by atoms with Gasteiger partial charge >= 0.3 is 6.09 Å². The van der Waals surface area contributed by atoms with Crippen LogP contribution in [0.5, 0.6) is 0 Å². The van der Waals surface area contributed by atoms with E-state index in [9.17, 15) is 13.2 Å². The largest absolute Gasteiger partial charge is 0.434 e. The van der Waals surface area contributed by atoms with Crippen LogP contribution >= 0.6 is 0 Å². The number of nitrogens with one attached hydrogen (secondary N) is 1. The van der Waals surface area contributed by atoms with E-state index in [-0.39, 0.29) is 23.5 Å². The Bertz CT molecular complexity index is 1110. The van der Waals surface area contributed by atoms with Crippen molar-refractivity contribution >= 4 is 16.2 Å². The van der Waals surface area contributed by atoms with Crippen LogP contribution in [-0.2, 0) is 39.5 Å². The summed E-state index contributed by atoms with van der Waals surface area (Å²) in [7, 11) is -4.00. The van der Waals surface area contributed by atoms with E-state index < -0.39 is 27.6 Å². The van der Waals surface area contributed by atoms with Gasteiger partial charge in [0, 0.05) is 5.41 Å². The van der Waals surface area contributed by atoms with Crippen molar-refractivity contribution in [3.8, 4) is 0 Å². The first kappa shape index (κ1) is 21.4. The minimum Gasteiger partial charge on any atom is -0.434 e. The second-order valence-electron chi connectivity index (χ2n) is 8.57. The lowest BCUT2D eigenvalue weighted by Gasteiger charge is -2.33. The Morgan fingerprint density at radius 1 is 0.969 bits per heavy atom. The minimum atomic E-state index is -4.00. The van der Waals surface area contributed by atoms with E-state index in [1.807, 2.05) is 31.2 Å². The molecular weight excluding hydrogens is 434 g/mol. The Morgan fingerprint density at radius 3 is 2.16 bits per heavy atom. The lowest BCUT2D eigenvalue weighted by Crippen LogP contribution is -2.41. The van der Waals surface area contributed by atoms with E-state index >= 15 is 0 Å². The monoisotopic (exact) mass is 459 g/mol. The third-order valence-electron chi connectivity index (χ3n) is 6.71. The first-order chi connectivity index (χ1) is 15.3. The molecule has 3 fully saturated rings. The van der Waals surface area contributed by atoms with Gasteiger partial charge in [-0.05, 0) is 43.0 Å². The molecule has 2 heterocycles. The van der Waals surface area contributed by atoms with Crippen LogP contribution in [0, 0.1) is 0 Å². The molecule has 1 unspecified atom stereocenters. The van der Waals surface area contributed by atoms with Gasteiger partial charge in [-0.25, -0.2) is 4.79 Å². The Balaban J connectivity index is 1.40. The molecule has 5 rings (SSSR count). The number of carbonyl (C=O) groups is 1. The summed E-state index contributed by atoms with van der Waals surface area (Å²) in [5.74, 6) is -0.652. The molecule has 2 aliphatic heterocycles. The fourth-order valence-corrected chi connectivity index (χ4v) is 5.60. The molecular formula is C23H25NO7S. The number of alkyl carbamates (subject to hydrolysis) is 1. The number of ether oxygens (including phenoxy) is 3. The van der Waals surface area contributed by atoms with E-state index in [0.717, 1.165) is 18.4 Å². The maximum Gasteiger partial charge on any atom is 0.408 e. The standard InChI is InChI=1S/C23H25NO7S/c1-21(28-13-14-29-21)22(11-12-22)17-7-9-18(10-8-17)23(15-24-20(25)31-23)16-30-32(26,27)19-5-3-2-4-6-19/h2-10H,11-16H2,1H3,(H,24,25). The maximum absolute atomic E-state index is 12.6. The minimum absolute atomic E-state index is 0.0447. The van der Waals surface area contributed by atoms with E-state index in [1.165, 1.54) is 12.1 Å². The smallest absolute Gasteiger partial charge is 0.408 e. The Hall–Kier alpha value is -2.46. The van der Waals surface area contributed by atoms with Crippen LogP contribution in [0.2, 0.25) is 0 Å². The van der Waals surface area contributed by atoms with E-state index in [4.69, 9.17) is 18.4 Å². The summed E-state index contributed by atoms with van der Waals surface area (Å²) in [5, 5.41) is 2.62. The molecule has 1 saturated carbocycles. The van der Waals surface area contributed by atoms with Gasteiger partial charge in [0.15, 0.2) is 11.4 Å². The van der Waals surface area contributed by atoms with Crippen LogP contribution in [-0.4, -0.2) is 46.7 Å². The van der Waals surface area contributed by atoms with Crippen molar-refractivity contribution in [1.82, 2.24) is 5.32 Å². The Labute approximate surface area is 186 Å². The highest BCUT2D eigenvalue weighted by Crippen LogP contribution is 2.58. The molecule has 0 aromatic heterocycles. The summed E-state index contributed by atoms with van der Waals surface area (Å²) in [5.41, 5.74) is 0.277. The predicted molar refractivity (Wildman–Crippen MR) is 113 cm³/mol. The van der Waals surface area contributed by atoms with E-state index in [1.54, 1.807) is 18.2 Å².